The van der Waals surface area contributed by atoms with Gasteiger partial charge in [0.2, 0.25) is 11.7 Å². The van der Waals surface area contributed by atoms with Crippen LogP contribution in [0.5, 0.6) is 5.88 Å². The zero-order valence-electron chi connectivity index (χ0n) is 21.7. The van der Waals surface area contributed by atoms with Crippen molar-refractivity contribution in [3.63, 3.8) is 0 Å². The van der Waals surface area contributed by atoms with Crippen molar-refractivity contribution >= 4 is 10.9 Å². The van der Waals surface area contributed by atoms with E-state index in [4.69, 9.17) is 14.7 Å². The van der Waals surface area contributed by atoms with E-state index >= 15 is 0 Å². The molecule has 4 aromatic rings. The molecule has 0 aliphatic carbocycles. The third kappa shape index (κ3) is 5.00. The molecule has 0 saturated carbocycles. The van der Waals surface area contributed by atoms with Gasteiger partial charge in [0.15, 0.2) is 0 Å². The van der Waals surface area contributed by atoms with Crippen molar-refractivity contribution < 1.29 is 27.0 Å². The van der Waals surface area contributed by atoms with Crippen LogP contribution in [0.4, 0.5) is 17.6 Å². The van der Waals surface area contributed by atoms with Crippen molar-refractivity contribution in [1.29, 1.82) is 5.26 Å². The molecular formula is C28H23F4N5O3. The normalized spacial score (nSPS) is 19.4. The number of ether oxygens (including phenoxy) is 2. The molecule has 206 valence electrons. The van der Waals surface area contributed by atoms with Gasteiger partial charge in [-0.05, 0) is 49.6 Å². The van der Waals surface area contributed by atoms with Crippen molar-refractivity contribution in [2.24, 2.45) is 7.05 Å². The minimum Gasteiger partial charge on any atom is -0.481 e. The molecule has 1 aliphatic rings. The summed E-state index contributed by atoms with van der Waals surface area (Å²) in [6.07, 6.45) is -2.93. The van der Waals surface area contributed by atoms with Gasteiger partial charge < -0.3 is 9.47 Å². The molecule has 1 aromatic carbocycles. The lowest BCUT2D eigenvalue weighted by Crippen LogP contribution is -2.29. The summed E-state index contributed by atoms with van der Waals surface area (Å²) in [5, 5.41) is 9.04. The molecule has 8 nitrogen and oxygen atoms in total. The maximum absolute atomic E-state index is 14.6. The van der Waals surface area contributed by atoms with Gasteiger partial charge in [-0.3, -0.25) is 14.3 Å². The minimum absolute atomic E-state index is 0.0819. The number of alkyl halides is 3. The second-order valence-corrected chi connectivity index (χ2v) is 9.63. The summed E-state index contributed by atoms with van der Waals surface area (Å²) in [4.78, 5) is 25.8. The molecule has 40 heavy (non-hydrogen) atoms. The first-order valence-electron chi connectivity index (χ1n) is 12.3. The van der Waals surface area contributed by atoms with Gasteiger partial charge in [-0.2, -0.15) is 18.4 Å². The molecule has 0 radical (unpaired) electrons. The number of rotatable bonds is 4. The molecule has 5 rings (SSSR count). The van der Waals surface area contributed by atoms with Gasteiger partial charge in [-0.15, -0.1) is 0 Å². The lowest BCUT2D eigenvalue weighted by molar-refractivity contribution is -0.147. The van der Waals surface area contributed by atoms with Crippen LogP contribution >= 0.6 is 0 Å². The fourth-order valence-corrected chi connectivity index (χ4v) is 5.05. The van der Waals surface area contributed by atoms with Gasteiger partial charge in [-0.1, -0.05) is 6.07 Å². The Balaban J connectivity index is 1.70. The Hall–Kier alpha value is -4.37. The van der Waals surface area contributed by atoms with E-state index in [1.807, 2.05) is 6.92 Å². The van der Waals surface area contributed by atoms with Crippen LogP contribution in [-0.4, -0.2) is 32.7 Å². The van der Waals surface area contributed by atoms with Crippen molar-refractivity contribution in [2.75, 3.05) is 7.11 Å². The van der Waals surface area contributed by atoms with Crippen LogP contribution in [-0.2, 0) is 18.0 Å². The second kappa shape index (κ2) is 10.3. The molecule has 3 atom stereocenters. The quantitative estimate of drug-likeness (QED) is 0.310. The topological polar surface area (TPSA) is 103 Å². The first-order valence-corrected chi connectivity index (χ1v) is 12.3. The lowest BCUT2D eigenvalue weighted by atomic mass is 9.86. The number of fused-ring (bicyclic) bond motifs is 1. The summed E-state index contributed by atoms with van der Waals surface area (Å²) < 4.78 is 67.7. The maximum Gasteiger partial charge on any atom is 0.449 e. The van der Waals surface area contributed by atoms with Crippen LogP contribution in [0.2, 0.25) is 0 Å². The van der Waals surface area contributed by atoms with Gasteiger partial charge >= 0.3 is 6.18 Å². The Morgan fingerprint density at radius 2 is 1.93 bits per heavy atom. The van der Waals surface area contributed by atoms with Gasteiger partial charge in [-0.25, -0.2) is 14.4 Å². The highest BCUT2D eigenvalue weighted by Crippen LogP contribution is 2.41. The standard InChI is InChI=1S/C28H23F4N5O3/c1-14-8-18(10-22(40-14)15-6-7-34-23(11-15)39-3)21-12-19-25(36-27(28(30,31)32)37(2)26(19)38)24(35-21)16-4-5-17(13-33)20(29)9-16/h4-7,9,11-12,14,18,22H,8,10H2,1-3H3/t14-,18-,22+/m1/s1. The molecule has 3 aromatic heterocycles. The zero-order chi connectivity index (χ0) is 28.8. The van der Waals surface area contributed by atoms with E-state index in [9.17, 15) is 22.4 Å². The lowest BCUT2D eigenvalue weighted by Gasteiger charge is -2.34. The maximum atomic E-state index is 14.6. The average Bonchev–Trinajstić information content (AvgIpc) is 2.93. The van der Waals surface area contributed by atoms with Crippen LogP contribution in [0, 0.1) is 17.1 Å². The number of halogens is 4. The summed E-state index contributed by atoms with van der Waals surface area (Å²) in [6.45, 7) is 1.89. The Kier molecular flexibility index (Phi) is 7.01. The number of nitrogens with zero attached hydrogens (tertiary/aromatic N) is 5. The molecule has 0 spiro atoms. The molecule has 0 amide bonds. The number of aromatic nitrogens is 4. The van der Waals surface area contributed by atoms with Crippen molar-refractivity contribution in [3.05, 3.63) is 81.4 Å². The summed E-state index contributed by atoms with van der Waals surface area (Å²) >= 11 is 0. The van der Waals surface area contributed by atoms with Gasteiger partial charge in [0, 0.05) is 36.5 Å². The molecule has 1 fully saturated rings. The number of benzene rings is 1. The molecule has 0 N–H and O–H groups in total. The largest absolute Gasteiger partial charge is 0.481 e. The minimum atomic E-state index is -4.91. The monoisotopic (exact) mass is 553 g/mol. The van der Waals surface area contributed by atoms with Gasteiger partial charge in [0.1, 0.15) is 17.4 Å². The van der Waals surface area contributed by atoms with E-state index in [0.29, 0.717) is 29.0 Å². The number of hydrogen-bond acceptors (Lipinski definition) is 7. The predicted octanol–water partition coefficient (Wildman–Crippen LogP) is 5.45. The molecule has 1 aliphatic heterocycles. The smallest absolute Gasteiger partial charge is 0.449 e. The van der Waals surface area contributed by atoms with Crippen LogP contribution in [0.25, 0.3) is 22.2 Å². The third-order valence-corrected chi connectivity index (χ3v) is 6.97. The highest BCUT2D eigenvalue weighted by molar-refractivity contribution is 5.91. The van der Waals surface area contributed by atoms with E-state index in [-0.39, 0.29) is 45.8 Å². The number of nitriles is 1. The third-order valence-electron chi connectivity index (χ3n) is 6.97. The van der Waals surface area contributed by atoms with Crippen LogP contribution in [0.15, 0.2) is 47.4 Å². The highest BCUT2D eigenvalue weighted by Gasteiger charge is 2.37. The van der Waals surface area contributed by atoms with Crippen molar-refractivity contribution in [2.45, 2.75) is 44.1 Å². The van der Waals surface area contributed by atoms with E-state index in [1.54, 1.807) is 24.4 Å². The Labute approximate surface area is 225 Å². The van der Waals surface area contributed by atoms with Crippen LogP contribution in [0.1, 0.15) is 54.4 Å². The molecular weight excluding hydrogens is 530 g/mol. The highest BCUT2D eigenvalue weighted by atomic mass is 19.4. The average molecular weight is 554 g/mol. The van der Waals surface area contributed by atoms with Crippen molar-refractivity contribution in [1.82, 2.24) is 19.5 Å². The number of hydrogen-bond donors (Lipinski definition) is 0. The predicted molar refractivity (Wildman–Crippen MR) is 136 cm³/mol. The Bertz CT molecular complexity index is 1710. The van der Waals surface area contributed by atoms with E-state index in [2.05, 4.69) is 15.0 Å². The van der Waals surface area contributed by atoms with Gasteiger partial charge in [0.25, 0.3) is 5.56 Å². The van der Waals surface area contributed by atoms with Crippen LogP contribution in [0.3, 0.4) is 0 Å². The SMILES string of the molecule is COc1cc([C@@H]2C[C@H](c3cc4c(=O)n(C)c(C(F)(F)F)nc4c(-c4ccc(C#N)c(F)c4)n3)C[C@@H](C)O2)ccn1. The molecule has 4 heterocycles. The van der Waals surface area contributed by atoms with E-state index in [0.717, 1.165) is 18.7 Å². The Morgan fingerprint density at radius 3 is 2.60 bits per heavy atom. The summed E-state index contributed by atoms with van der Waals surface area (Å²) in [7, 11) is 2.51. The second-order valence-electron chi connectivity index (χ2n) is 9.63. The molecule has 1 saturated heterocycles. The summed E-state index contributed by atoms with van der Waals surface area (Å²) in [6, 6.07) is 10.3. The first kappa shape index (κ1) is 27.2. The fourth-order valence-electron chi connectivity index (χ4n) is 5.05. The summed E-state index contributed by atoms with van der Waals surface area (Å²) in [5.74, 6) is -2.11. The zero-order valence-corrected chi connectivity index (χ0v) is 21.7. The number of pyridine rings is 2. The van der Waals surface area contributed by atoms with Crippen LogP contribution < -0.4 is 10.3 Å². The molecule has 12 heteroatoms. The number of methoxy groups -OCH3 is 1. The Morgan fingerprint density at radius 1 is 1.15 bits per heavy atom. The molecule has 0 bridgehead atoms. The van der Waals surface area contributed by atoms with Gasteiger partial charge in [0.05, 0.1) is 36.0 Å². The van der Waals surface area contributed by atoms with E-state index < -0.39 is 23.4 Å². The summed E-state index contributed by atoms with van der Waals surface area (Å²) in [5.41, 5.74) is -0.185. The first-order chi connectivity index (χ1) is 19.0. The van der Waals surface area contributed by atoms with Crippen molar-refractivity contribution in [3.8, 4) is 23.2 Å². The van der Waals surface area contributed by atoms with E-state index in [1.165, 1.54) is 25.3 Å². The fraction of sp³-hybridized carbons (Fsp3) is 0.321. The molecule has 0 unspecified atom stereocenters.